The third kappa shape index (κ3) is 13.2. The van der Waals surface area contributed by atoms with Crippen LogP contribution in [0.1, 0.15) is 124 Å². The van der Waals surface area contributed by atoms with E-state index in [2.05, 4.69) is 53.0 Å². The van der Waals surface area contributed by atoms with Crippen molar-refractivity contribution in [3.05, 3.63) is 36.5 Å². The van der Waals surface area contributed by atoms with E-state index < -0.39 is 0 Å². The van der Waals surface area contributed by atoms with E-state index in [-0.39, 0.29) is 0 Å². The number of hydrogen-bond donors (Lipinski definition) is 0. The summed E-state index contributed by atoms with van der Waals surface area (Å²) in [5.41, 5.74) is 2.84. The third-order valence-electron chi connectivity index (χ3n) is 6.63. The Kier molecular flexibility index (Phi) is 14.5. The Morgan fingerprint density at radius 2 is 1.28 bits per heavy atom. The van der Waals surface area contributed by atoms with Gasteiger partial charge in [-0.25, -0.2) is 0 Å². The van der Waals surface area contributed by atoms with Crippen molar-refractivity contribution in [2.45, 2.75) is 124 Å². The highest BCUT2D eigenvalue weighted by atomic mass is 14.3. The molecule has 0 N–H and O–H groups in total. The molecule has 1 fully saturated rings. The van der Waals surface area contributed by atoms with Gasteiger partial charge in [0.15, 0.2) is 0 Å². The highest BCUT2D eigenvalue weighted by molar-refractivity contribution is 5.24. The van der Waals surface area contributed by atoms with Crippen LogP contribution in [0.4, 0.5) is 0 Å². The van der Waals surface area contributed by atoms with Crippen molar-refractivity contribution in [1.82, 2.24) is 0 Å². The normalized spacial score (nSPS) is 18.6. The van der Waals surface area contributed by atoms with Gasteiger partial charge in [-0.05, 0) is 55.8 Å². The number of hydrogen-bond acceptors (Lipinski definition) is 0. The van der Waals surface area contributed by atoms with Gasteiger partial charge in [-0.15, -0.1) is 0 Å². The van der Waals surface area contributed by atoms with E-state index in [4.69, 9.17) is 0 Å². The van der Waals surface area contributed by atoms with Gasteiger partial charge in [-0.3, -0.25) is 0 Å². The number of rotatable bonds is 17. The maximum Gasteiger partial charge on any atom is -0.0103 e. The summed E-state index contributed by atoms with van der Waals surface area (Å²) in [4.78, 5) is 0. The summed E-state index contributed by atoms with van der Waals surface area (Å²) in [6, 6.07) is 0. The molecule has 0 heterocycles. The molecule has 168 valence electrons. The van der Waals surface area contributed by atoms with Crippen LogP contribution in [0.3, 0.4) is 0 Å². The minimum Gasteiger partial charge on any atom is -0.0995 e. The molecular formula is C29H52. The van der Waals surface area contributed by atoms with E-state index >= 15 is 0 Å². The van der Waals surface area contributed by atoms with Gasteiger partial charge in [0.1, 0.15) is 0 Å². The van der Waals surface area contributed by atoms with Crippen molar-refractivity contribution in [3.63, 3.8) is 0 Å². The average molecular weight is 401 g/mol. The fourth-order valence-electron chi connectivity index (χ4n) is 4.77. The second-order valence-corrected chi connectivity index (χ2v) is 10.6. The molecule has 0 nitrogen and oxygen atoms in total. The van der Waals surface area contributed by atoms with Crippen molar-refractivity contribution in [3.8, 4) is 0 Å². The summed E-state index contributed by atoms with van der Waals surface area (Å²) < 4.78 is 0. The van der Waals surface area contributed by atoms with Gasteiger partial charge in [-0.2, -0.15) is 0 Å². The van der Waals surface area contributed by atoms with Crippen molar-refractivity contribution in [2.75, 3.05) is 0 Å². The largest absolute Gasteiger partial charge is 0.0995 e. The summed E-state index contributed by atoms with van der Waals surface area (Å²) in [5.74, 6) is 3.07. The first-order chi connectivity index (χ1) is 13.9. The Bertz CT molecular complexity index is 464. The maximum absolute atomic E-state index is 4.39. The monoisotopic (exact) mass is 400 g/mol. The molecule has 0 aromatic carbocycles. The van der Waals surface area contributed by atoms with Gasteiger partial charge < -0.3 is 0 Å². The van der Waals surface area contributed by atoms with E-state index in [1.54, 1.807) is 0 Å². The van der Waals surface area contributed by atoms with Crippen LogP contribution >= 0.6 is 0 Å². The van der Waals surface area contributed by atoms with Crippen LogP contribution < -0.4 is 0 Å². The van der Waals surface area contributed by atoms with Gasteiger partial charge in [0.25, 0.3) is 0 Å². The van der Waals surface area contributed by atoms with Gasteiger partial charge in [0, 0.05) is 0 Å². The zero-order chi connectivity index (χ0) is 21.5. The van der Waals surface area contributed by atoms with E-state index in [9.17, 15) is 0 Å². The number of unbranched alkanes of at least 4 members (excludes halogenated alkanes) is 8. The van der Waals surface area contributed by atoms with E-state index in [1.807, 2.05) is 0 Å². The first kappa shape index (κ1) is 26.3. The van der Waals surface area contributed by atoms with Crippen molar-refractivity contribution >= 4 is 0 Å². The molecule has 1 saturated carbocycles. The first-order valence-corrected chi connectivity index (χ1v) is 12.9. The summed E-state index contributed by atoms with van der Waals surface area (Å²) in [6.45, 7) is 18.0. The quantitative estimate of drug-likeness (QED) is 0.168. The Morgan fingerprint density at radius 1 is 0.759 bits per heavy atom. The zero-order valence-electron chi connectivity index (χ0n) is 20.5. The Balaban J connectivity index is 2.31. The van der Waals surface area contributed by atoms with Gasteiger partial charge in [-0.1, -0.05) is 128 Å². The predicted octanol–water partition coefficient (Wildman–Crippen LogP) is 10.1. The lowest BCUT2D eigenvalue weighted by Crippen LogP contribution is -2.11. The highest BCUT2D eigenvalue weighted by Gasteiger charge is 2.27. The van der Waals surface area contributed by atoms with Crippen LogP contribution in [-0.4, -0.2) is 0 Å². The van der Waals surface area contributed by atoms with Crippen LogP contribution in [-0.2, 0) is 0 Å². The molecule has 2 unspecified atom stereocenters. The van der Waals surface area contributed by atoms with Crippen molar-refractivity contribution < 1.29 is 0 Å². The molecule has 0 spiro atoms. The highest BCUT2D eigenvalue weighted by Crippen LogP contribution is 2.40. The van der Waals surface area contributed by atoms with Crippen LogP contribution in [0.25, 0.3) is 0 Å². The summed E-state index contributed by atoms with van der Waals surface area (Å²) in [5, 5.41) is 0. The maximum atomic E-state index is 4.39. The lowest BCUT2D eigenvalue weighted by molar-refractivity contribution is 0.417. The summed E-state index contributed by atoms with van der Waals surface area (Å²) in [7, 11) is 0. The Hall–Kier alpha value is -0.780. The molecular weight excluding hydrogens is 348 g/mol. The molecule has 29 heavy (non-hydrogen) atoms. The predicted molar refractivity (Wildman–Crippen MR) is 133 cm³/mol. The van der Waals surface area contributed by atoms with E-state index in [1.165, 1.54) is 101 Å². The fourth-order valence-corrected chi connectivity index (χ4v) is 4.77. The Morgan fingerprint density at radius 3 is 1.79 bits per heavy atom. The summed E-state index contributed by atoms with van der Waals surface area (Å²) >= 11 is 0. The van der Waals surface area contributed by atoms with Gasteiger partial charge >= 0.3 is 0 Å². The third-order valence-corrected chi connectivity index (χ3v) is 6.63. The minimum absolute atomic E-state index is 0.658. The molecule has 1 aliphatic rings. The van der Waals surface area contributed by atoms with E-state index in [0.29, 0.717) is 11.8 Å². The molecule has 0 aromatic rings. The van der Waals surface area contributed by atoms with Crippen molar-refractivity contribution in [1.29, 1.82) is 0 Å². The average Bonchev–Trinajstić information content (AvgIpc) is 2.98. The minimum atomic E-state index is 0.658. The standard InChI is InChI=1S/C29H52/c1-24(2)18-14-10-7-8-12-16-20-28(29-23-26(5)22-27(29)6)21-17-13-9-11-15-19-25(3)4/h16,20,24-25,28-29H,5-15,17-19,21-23H2,1-4H3/b20-16+. The van der Waals surface area contributed by atoms with E-state index in [0.717, 1.165) is 18.3 Å². The molecule has 0 aromatic heterocycles. The second kappa shape index (κ2) is 16.0. The number of allylic oxidation sites excluding steroid dienone is 4. The molecule has 2 atom stereocenters. The molecule has 0 amide bonds. The molecule has 0 radical (unpaired) electrons. The lowest BCUT2D eigenvalue weighted by Gasteiger charge is -2.21. The topological polar surface area (TPSA) is 0 Å². The van der Waals surface area contributed by atoms with Crippen LogP contribution in [0.2, 0.25) is 0 Å². The molecule has 1 aliphatic carbocycles. The lowest BCUT2D eigenvalue weighted by atomic mass is 9.83. The second-order valence-electron chi connectivity index (χ2n) is 10.6. The molecule has 0 saturated heterocycles. The zero-order valence-corrected chi connectivity index (χ0v) is 20.5. The van der Waals surface area contributed by atoms with Crippen LogP contribution in [0.15, 0.2) is 36.5 Å². The SMILES string of the molecule is C=C1CC(=C)C(C(/C=C/CCCCCCC(C)C)CCCCCCCC(C)C)C1. The first-order valence-electron chi connectivity index (χ1n) is 12.9. The molecule has 0 aliphatic heterocycles. The van der Waals surface area contributed by atoms with Crippen molar-refractivity contribution in [2.24, 2.45) is 23.7 Å². The fraction of sp³-hybridized carbons (Fsp3) is 0.793. The Labute approximate surface area is 184 Å². The molecule has 1 rings (SSSR count). The summed E-state index contributed by atoms with van der Waals surface area (Å²) in [6.07, 6.45) is 25.3. The van der Waals surface area contributed by atoms with Gasteiger partial charge in [0.05, 0.1) is 0 Å². The van der Waals surface area contributed by atoms with Crippen LogP contribution in [0.5, 0.6) is 0 Å². The van der Waals surface area contributed by atoms with Gasteiger partial charge in [0.2, 0.25) is 0 Å². The smallest absolute Gasteiger partial charge is 0.0103 e. The molecule has 0 heteroatoms. The molecule has 0 bridgehead atoms. The van der Waals surface area contributed by atoms with Crippen LogP contribution in [0, 0.1) is 23.7 Å².